The van der Waals surface area contributed by atoms with Gasteiger partial charge in [0.15, 0.2) is 0 Å². The number of nitrogens with one attached hydrogen (secondary N) is 1. The van der Waals surface area contributed by atoms with Crippen molar-refractivity contribution in [2.75, 3.05) is 18.6 Å². The van der Waals surface area contributed by atoms with Crippen molar-refractivity contribution in [1.82, 2.24) is 5.32 Å². The molecule has 0 bridgehead atoms. The SMILES string of the molecule is CC(CS(C)(=O)=O)C1CCCCN1. The Morgan fingerprint density at radius 1 is 1.46 bits per heavy atom. The van der Waals surface area contributed by atoms with E-state index in [0.717, 1.165) is 13.0 Å². The molecule has 0 saturated carbocycles. The number of hydrogen-bond donors (Lipinski definition) is 1. The van der Waals surface area contributed by atoms with Crippen molar-refractivity contribution < 1.29 is 8.42 Å². The van der Waals surface area contributed by atoms with E-state index < -0.39 is 9.84 Å². The number of piperidine rings is 1. The Balaban J connectivity index is 2.42. The standard InChI is InChI=1S/C9H19NO2S/c1-8(7-13(2,11)12)9-5-3-4-6-10-9/h8-10H,3-7H2,1-2H3. The lowest BCUT2D eigenvalue weighted by Gasteiger charge is -2.28. The van der Waals surface area contributed by atoms with Gasteiger partial charge in [-0.05, 0) is 25.3 Å². The third-order valence-corrected chi connectivity index (χ3v) is 3.73. The molecular formula is C9H19NO2S. The van der Waals surface area contributed by atoms with Crippen LogP contribution in [0.5, 0.6) is 0 Å². The second-order valence-corrected chi connectivity index (χ2v) is 6.31. The molecule has 0 aromatic rings. The van der Waals surface area contributed by atoms with Crippen molar-refractivity contribution in [1.29, 1.82) is 0 Å². The minimum absolute atomic E-state index is 0.246. The zero-order chi connectivity index (χ0) is 9.90. The second-order valence-electron chi connectivity index (χ2n) is 4.13. The zero-order valence-electron chi connectivity index (χ0n) is 8.41. The summed E-state index contributed by atoms with van der Waals surface area (Å²) in [5.74, 6) is 0.556. The molecule has 0 amide bonds. The van der Waals surface area contributed by atoms with Crippen LogP contribution in [0, 0.1) is 5.92 Å². The van der Waals surface area contributed by atoms with E-state index in [1.807, 2.05) is 6.92 Å². The summed E-state index contributed by atoms with van der Waals surface area (Å²) in [6.45, 7) is 3.06. The van der Waals surface area contributed by atoms with Crippen molar-refractivity contribution in [3.8, 4) is 0 Å². The van der Waals surface area contributed by atoms with Crippen LogP contribution in [0.15, 0.2) is 0 Å². The van der Waals surface area contributed by atoms with E-state index >= 15 is 0 Å². The summed E-state index contributed by atoms with van der Waals surface area (Å²) in [5.41, 5.74) is 0. The quantitative estimate of drug-likeness (QED) is 0.741. The van der Waals surface area contributed by atoms with E-state index in [4.69, 9.17) is 0 Å². The lowest BCUT2D eigenvalue weighted by atomic mass is 9.95. The summed E-state index contributed by atoms with van der Waals surface area (Å²) in [5, 5.41) is 3.38. The van der Waals surface area contributed by atoms with E-state index in [0.29, 0.717) is 11.8 Å². The third kappa shape index (κ3) is 4.09. The van der Waals surface area contributed by atoms with Gasteiger partial charge in [0.2, 0.25) is 0 Å². The minimum Gasteiger partial charge on any atom is -0.314 e. The molecule has 0 radical (unpaired) electrons. The van der Waals surface area contributed by atoms with Gasteiger partial charge in [-0.15, -0.1) is 0 Å². The Bertz CT molecular complexity index is 242. The summed E-state index contributed by atoms with van der Waals surface area (Å²) >= 11 is 0. The molecule has 0 spiro atoms. The van der Waals surface area contributed by atoms with Gasteiger partial charge < -0.3 is 5.32 Å². The number of hydrogen-bond acceptors (Lipinski definition) is 3. The van der Waals surface area contributed by atoms with Gasteiger partial charge in [0.1, 0.15) is 9.84 Å². The highest BCUT2D eigenvalue weighted by atomic mass is 32.2. The van der Waals surface area contributed by atoms with Crippen LogP contribution >= 0.6 is 0 Å². The molecule has 1 heterocycles. The molecule has 0 aliphatic carbocycles. The van der Waals surface area contributed by atoms with Gasteiger partial charge in [-0.25, -0.2) is 8.42 Å². The highest BCUT2D eigenvalue weighted by Gasteiger charge is 2.22. The molecule has 1 fully saturated rings. The highest BCUT2D eigenvalue weighted by molar-refractivity contribution is 7.90. The van der Waals surface area contributed by atoms with E-state index in [1.54, 1.807) is 0 Å². The summed E-state index contributed by atoms with van der Waals surface area (Å²) < 4.78 is 22.1. The fraction of sp³-hybridized carbons (Fsp3) is 1.00. The maximum absolute atomic E-state index is 11.1. The predicted octanol–water partition coefficient (Wildman–Crippen LogP) is 0.809. The first-order valence-electron chi connectivity index (χ1n) is 4.90. The maximum Gasteiger partial charge on any atom is 0.147 e. The van der Waals surface area contributed by atoms with Gasteiger partial charge in [-0.2, -0.15) is 0 Å². The topological polar surface area (TPSA) is 46.2 Å². The van der Waals surface area contributed by atoms with Gasteiger partial charge in [0, 0.05) is 12.3 Å². The van der Waals surface area contributed by atoms with Crippen LogP contribution in [0.4, 0.5) is 0 Å². The van der Waals surface area contributed by atoms with Crippen LogP contribution in [0.25, 0.3) is 0 Å². The summed E-state index contributed by atoms with van der Waals surface area (Å²) in [7, 11) is -2.81. The van der Waals surface area contributed by atoms with Crippen molar-refractivity contribution in [2.45, 2.75) is 32.2 Å². The molecule has 1 aliphatic heterocycles. The maximum atomic E-state index is 11.1. The summed E-state index contributed by atoms with van der Waals surface area (Å²) in [6.07, 6.45) is 4.89. The minimum atomic E-state index is -2.81. The largest absolute Gasteiger partial charge is 0.314 e. The first kappa shape index (κ1) is 11.0. The average Bonchev–Trinajstić information content (AvgIpc) is 2.03. The van der Waals surface area contributed by atoms with Crippen LogP contribution in [-0.2, 0) is 9.84 Å². The molecule has 2 unspecified atom stereocenters. The Labute approximate surface area is 80.8 Å². The first-order chi connectivity index (χ1) is 5.99. The lowest BCUT2D eigenvalue weighted by Crippen LogP contribution is -2.41. The Morgan fingerprint density at radius 2 is 2.15 bits per heavy atom. The fourth-order valence-corrected chi connectivity index (χ4v) is 3.15. The Kier molecular flexibility index (Phi) is 3.74. The Hall–Kier alpha value is -0.0900. The molecule has 1 aliphatic rings. The summed E-state index contributed by atoms with van der Waals surface area (Å²) in [4.78, 5) is 0. The molecule has 2 atom stereocenters. The highest BCUT2D eigenvalue weighted by Crippen LogP contribution is 2.16. The van der Waals surface area contributed by atoms with E-state index in [2.05, 4.69) is 5.32 Å². The molecule has 4 heteroatoms. The molecular weight excluding hydrogens is 186 g/mol. The number of rotatable bonds is 3. The van der Waals surface area contributed by atoms with E-state index in [-0.39, 0.29) is 5.92 Å². The second kappa shape index (κ2) is 4.42. The van der Waals surface area contributed by atoms with Crippen molar-refractivity contribution in [3.05, 3.63) is 0 Å². The van der Waals surface area contributed by atoms with Crippen LogP contribution in [0.1, 0.15) is 26.2 Å². The molecule has 1 N–H and O–H groups in total. The molecule has 3 nitrogen and oxygen atoms in total. The van der Waals surface area contributed by atoms with Gasteiger partial charge in [0.05, 0.1) is 5.75 Å². The molecule has 0 aromatic heterocycles. The van der Waals surface area contributed by atoms with Gasteiger partial charge in [-0.1, -0.05) is 13.3 Å². The van der Waals surface area contributed by atoms with Crippen LogP contribution in [-0.4, -0.2) is 33.0 Å². The van der Waals surface area contributed by atoms with Crippen LogP contribution < -0.4 is 5.32 Å². The van der Waals surface area contributed by atoms with E-state index in [9.17, 15) is 8.42 Å². The van der Waals surface area contributed by atoms with Gasteiger partial charge in [0.25, 0.3) is 0 Å². The van der Waals surface area contributed by atoms with Crippen LogP contribution in [0.2, 0.25) is 0 Å². The molecule has 13 heavy (non-hydrogen) atoms. The molecule has 1 rings (SSSR count). The third-order valence-electron chi connectivity index (χ3n) is 2.60. The lowest BCUT2D eigenvalue weighted by molar-refractivity contribution is 0.327. The normalized spacial score (nSPS) is 27.1. The number of sulfone groups is 1. The first-order valence-corrected chi connectivity index (χ1v) is 6.96. The molecule has 1 saturated heterocycles. The zero-order valence-corrected chi connectivity index (χ0v) is 9.23. The summed E-state index contributed by atoms with van der Waals surface area (Å²) in [6, 6.07) is 0.406. The van der Waals surface area contributed by atoms with Crippen LogP contribution in [0.3, 0.4) is 0 Å². The smallest absolute Gasteiger partial charge is 0.147 e. The van der Waals surface area contributed by atoms with Crippen molar-refractivity contribution in [2.24, 2.45) is 5.92 Å². The monoisotopic (exact) mass is 205 g/mol. The molecule has 78 valence electrons. The fourth-order valence-electron chi connectivity index (χ4n) is 1.96. The molecule has 0 aromatic carbocycles. The van der Waals surface area contributed by atoms with E-state index in [1.165, 1.54) is 19.1 Å². The predicted molar refractivity (Wildman–Crippen MR) is 54.5 cm³/mol. The van der Waals surface area contributed by atoms with Crippen molar-refractivity contribution in [3.63, 3.8) is 0 Å². The Morgan fingerprint density at radius 3 is 2.62 bits per heavy atom. The average molecular weight is 205 g/mol. The van der Waals surface area contributed by atoms with Gasteiger partial charge >= 0.3 is 0 Å². The van der Waals surface area contributed by atoms with Crippen molar-refractivity contribution >= 4 is 9.84 Å². The van der Waals surface area contributed by atoms with Gasteiger partial charge in [-0.3, -0.25) is 0 Å².